The lowest BCUT2D eigenvalue weighted by Crippen LogP contribution is -2.49. The highest BCUT2D eigenvalue weighted by molar-refractivity contribution is 7.10. The number of likely N-dealkylation sites (tertiary alicyclic amines) is 1. The molecule has 2 heterocycles. The second kappa shape index (κ2) is 7.38. The number of hydrogen-bond donors (Lipinski definition) is 2. The van der Waals surface area contributed by atoms with E-state index in [9.17, 15) is 4.79 Å². The first-order chi connectivity index (χ1) is 9.97. The summed E-state index contributed by atoms with van der Waals surface area (Å²) in [5.41, 5.74) is 6.03. The highest BCUT2D eigenvalue weighted by atomic mass is 32.1. The van der Waals surface area contributed by atoms with Crippen LogP contribution in [0, 0.1) is 11.8 Å². The average Bonchev–Trinajstić information content (AvgIpc) is 2.93. The summed E-state index contributed by atoms with van der Waals surface area (Å²) in [4.78, 5) is 15.8. The van der Waals surface area contributed by atoms with Crippen LogP contribution in [-0.4, -0.2) is 36.5 Å². The lowest BCUT2D eigenvalue weighted by molar-refractivity contribution is -0.123. The van der Waals surface area contributed by atoms with Crippen molar-refractivity contribution in [2.24, 2.45) is 17.6 Å². The van der Waals surface area contributed by atoms with E-state index < -0.39 is 0 Å². The van der Waals surface area contributed by atoms with Gasteiger partial charge in [-0.25, -0.2) is 0 Å². The van der Waals surface area contributed by atoms with Crippen LogP contribution in [-0.2, 0) is 4.79 Å². The SMILES string of the molecule is CC(C)C(NC(=O)CN1CCC(N)C(C)C1)c1cccs1. The zero-order chi connectivity index (χ0) is 15.4. The molecule has 0 spiro atoms. The summed E-state index contributed by atoms with van der Waals surface area (Å²) in [6.07, 6.45) is 0.979. The molecule has 3 atom stereocenters. The van der Waals surface area contributed by atoms with Crippen molar-refractivity contribution in [2.45, 2.75) is 39.3 Å². The van der Waals surface area contributed by atoms with Gasteiger partial charge in [-0.15, -0.1) is 11.3 Å². The Kier molecular flexibility index (Phi) is 5.79. The summed E-state index contributed by atoms with van der Waals surface area (Å²) in [6.45, 7) is 8.77. The molecule has 21 heavy (non-hydrogen) atoms. The van der Waals surface area contributed by atoms with E-state index in [0.717, 1.165) is 19.5 Å². The van der Waals surface area contributed by atoms with Crippen molar-refractivity contribution in [1.82, 2.24) is 10.2 Å². The molecule has 0 bridgehead atoms. The highest BCUT2D eigenvalue weighted by Crippen LogP contribution is 2.25. The van der Waals surface area contributed by atoms with Gasteiger partial charge in [0.15, 0.2) is 0 Å². The Bertz CT molecular complexity index is 446. The molecule has 3 N–H and O–H groups in total. The van der Waals surface area contributed by atoms with E-state index in [-0.39, 0.29) is 18.0 Å². The molecule has 3 unspecified atom stereocenters. The monoisotopic (exact) mass is 309 g/mol. The Morgan fingerprint density at radius 3 is 2.90 bits per heavy atom. The van der Waals surface area contributed by atoms with Crippen LogP contribution in [0.5, 0.6) is 0 Å². The van der Waals surface area contributed by atoms with Gasteiger partial charge < -0.3 is 11.1 Å². The fourth-order valence-electron chi connectivity index (χ4n) is 2.85. The molecule has 1 aromatic heterocycles. The maximum Gasteiger partial charge on any atom is 0.234 e. The molecular formula is C16H27N3OS. The fourth-order valence-corrected chi connectivity index (χ4v) is 3.80. The first-order valence-electron chi connectivity index (χ1n) is 7.78. The van der Waals surface area contributed by atoms with E-state index in [1.54, 1.807) is 11.3 Å². The number of carbonyl (C=O) groups excluding carboxylic acids is 1. The number of thiophene rings is 1. The predicted octanol–water partition coefficient (Wildman–Crippen LogP) is 2.23. The number of nitrogens with zero attached hydrogens (tertiary/aromatic N) is 1. The molecule has 4 nitrogen and oxygen atoms in total. The summed E-state index contributed by atoms with van der Waals surface area (Å²) < 4.78 is 0. The normalized spacial score (nSPS) is 25.0. The third kappa shape index (κ3) is 4.53. The second-order valence-corrected chi connectivity index (χ2v) is 7.45. The average molecular weight is 309 g/mol. The zero-order valence-electron chi connectivity index (χ0n) is 13.2. The van der Waals surface area contributed by atoms with Gasteiger partial charge in [-0.2, -0.15) is 0 Å². The largest absolute Gasteiger partial charge is 0.347 e. The van der Waals surface area contributed by atoms with E-state index in [0.29, 0.717) is 18.4 Å². The fraction of sp³-hybridized carbons (Fsp3) is 0.688. The Morgan fingerprint density at radius 2 is 2.33 bits per heavy atom. The van der Waals surface area contributed by atoms with Crippen LogP contribution in [0.3, 0.4) is 0 Å². The van der Waals surface area contributed by atoms with E-state index in [1.807, 2.05) is 6.07 Å². The highest BCUT2D eigenvalue weighted by Gasteiger charge is 2.26. The molecule has 1 aliphatic rings. The summed E-state index contributed by atoms with van der Waals surface area (Å²) in [6, 6.07) is 4.52. The van der Waals surface area contributed by atoms with Crippen LogP contribution >= 0.6 is 11.3 Å². The first-order valence-corrected chi connectivity index (χ1v) is 8.66. The maximum atomic E-state index is 12.3. The Morgan fingerprint density at radius 1 is 1.57 bits per heavy atom. The van der Waals surface area contributed by atoms with Gasteiger partial charge in [-0.3, -0.25) is 9.69 Å². The molecule has 0 radical (unpaired) electrons. The predicted molar refractivity (Wildman–Crippen MR) is 88.2 cm³/mol. The van der Waals surface area contributed by atoms with Crippen LogP contribution < -0.4 is 11.1 Å². The Balaban J connectivity index is 1.88. The van der Waals surface area contributed by atoms with Gasteiger partial charge in [0.1, 0.15) is 0 Å². The van der Waals surface area contributed by atoms with E-state index in [1.165, 1.54) is 4.88 Å². The number of nitrogens with one attached hydrogen (secondary N) is 1. The van der Waals surface area contributed by atoms with Crippen molar-refractivity contribution in [3.63, 3.8) is 0 Å². The molecule has 118 valence electrons. The summed E-state index contributed by atoms with van der Waals surface area (Å²) in [5, 5.41) is 5.25. The summed E-state index contributed by atoms with van der Waals surface area (Å²) in [7, 11) is 0. The van der Waals surface area contributed by atoms with Crippen molar-refractivity contribution in [3.8, 4) is 0 Å². The van der Waals surface area contributed by atoms with Gasteiger partial charge in [-0.1, -0.05) is 26.8 Å². The molecule has 0 aliphatic carbocycles. The Hall–Kier alpha value is -0.910. The zero-order valence-corrected chi connectivity index (χ0v) is 14.0. The quantitative estimate of drug-likeness (QED) is 0.877. The maximum absolute atomic E-state index is 12.3. The summed E-state index contributed by atoms with van der Waals surface area (Å²) >= 11 is 1.70. The van der Waals surface area contributed by atoms with Crippen molar-refractivity contribution in [2.75, 3.05) is 19.6 Å². The molecule has 1 fully saturated rings. The minimum absolute atomic E-state index is 0.113. The smallest absolute Gasteiger partial charge is 0.234 e. The van der Waals surface area contributed by atoms with Crippen molar-refractivity contribution in [3.05, 3.63) is 22.4 Å². The van der Waals surface area contributed by atoms with Crippen molar-refractivity contribution < 1.29 is 4.79 Å². The van der Waals surface area contributed by atoms with Gasteiger partial charge >= 0.3 is 0 Å². The third-order valence-corrected chi connectivity index (χ3v) is 5.21. The van der Waals surface area contributed by atoms with Crippen LogP contribution in [0.2, 0.25) is 0 Å². The van der Waals surface area contributed by atoms with Crippen molar-refractivity contribution >= 4 is 17.2 Å². The topological polar surface area (TPSA) is 58.4 Å². The molecule has 2 rings (SSSR count). The lowest BCUT2D eigenvalue weighted by atomic mass is 9.95. The van der Waals surface area contributed by atoms with Crippen LogP contribution in [0.4, 0.5) is 0 Å². The standard InChI is InChI=1S/C16H27N3OS/c1-11(2)16(14-5-4-8-21-14)18-15(20)10-19-7-6-13(17)12(3)9-19/h4-5,8,11-13,16H,6-7,9-10,17H2,1-3H3,(H,18,20). The van der Waals surface area contributed by atoms with Crippen LogP contribution in [0.1, 0.15) is 38.1 Å². The van der Waals surface area contributed by atoms with E-state index in [2.05, 4.69) is 42.4 Å². The molecule has 1 saturated heterocycles. The number of carbonyl (C=O) groups is 1. The van der Waals surface area contributed by atoms with Gasteiger partial charge in [-0.05, 0) is 29.7 Å². The number of amides is 1. The molecule has 1 amide bonds. The Labute approximate surface area is 131 Å². The van der Waals surface area contributed by atoms with Gasteiger partial charge in [0.25, 0.3) is 0 Å². The summed E-state index contributed by atoms with van der Waals surface area (Å²) in [5.74, 6) is 0.968. The molecule has 0 saturated carbocycles. The molecule has 5 heteroatoms. The molecule has 1 aromatic rings. The minimum atomic E-state index is 0.113. The number of nitrogens with two attached hydrogens (primary N) is 1. The van der Waals surface area contributed by atoms with Gasteiger partial charge in [0, 0.05) is 24.0 Å². The number of piperidine rings is 1. The third-order valence-electron chi connectivity index (χ3n) is 4.26. The molecular weight excluding hydrogens is 282 g/mol. The van der Waals surface area contributed by atoms with Crippen LogP contribution in [0.25, 0.3) is 0 Å². The molecule has 0 aromatic carbocycles. The second-order valence-electron chi connectivity index (χ2n) is 6.47. The van der Waals surface area contributed by atoms with Gasteiger partial charge in [0.05, 0.1) is 12.6 Å². The minimum Gasteiger partial charge on any atom is -0.347 e. The van der Waals surface area contributed by atoms with Crippen molar-refractivity contribution in [1.29, 1.82) is 0 Å². The van der Waals surface area contributed by atoms with Gasteiger partial charge in [0.2, 0.25) is 5.91 Å². The lowest BCUT2D eigenvalue weighted by Gasteiger charge is -2.35. The first kappa shape index (κ1) is 16.5. The molecule has 1 aliphatic heterocycles. The number of rotatable bonds is 5. The van der Waals surface area contributed by atoms with Crippen LogP contribution in [0.15, 0.2) is 17.5 Å². The van der Waals surface area contributed by atoms with E-state index in [4.69, 9.17) is 5.73 Å². The number of hydrogen-bond acceptors (Lipinski definition) is 4. The van der Waals surface area contributed by atoms with E-state index >= 15 is 0 Å².